The summed E-state index contributed by atoms with van der Waals surface area (Å²) in [6.45, 7) is 2.20. The first-order valence-corrected chi connectivity index (χ1v) is 7.04. The van der Waals surface area contributed by atoms with Gasteiger partial charge in [0.15, 0.2) is 11.5 Å². The van der Waals surface area contributed by atoms with E-state index in [1.165, 1.54) is 0 Å². The predicted molar refractivity (Wildman–Crippen MR) is 82.5 cm³/mol. The van der Waals surface area contributed by atoms with Crippen LogP contribution in [0.3, 0.4) is 0 Å². The molecule has 0 fully saturated rings. The first-order valence-electron chi connectivity index (χ1n) is 7.04. The summed E-state index contributed by atoms with van der Waals surface area (Å²) < 4.78 is 16.6. The lowest BCUT2D eigenvalue weighted by atomic mass is 10.1. The maximum absolute atomic E-state index is 9.53. The van der Waals surface area contributed by atoms with E-state index in [0.717, 1.165) is 5.56 Å². The van der Waals surface area contributed by atoms with Crippen molar-refractivity contribution in [3.05, 3.63) is 47.5 Å². The molecule has 5 heteroatoms. The van der Waals surface area contributed by atoms with Crippen molar-refractivity contribution in [2.45, 2.75) is 20.1 Å². The predicted octanol–water partition coefficient (Wildman–Crippen LogP) is 2.87. The minimum Gasteiger partial charge on any atom is -0.493 e. The summed E-state index contributed by atoms with van der Waals surface area (Å²) in [7, 11) is 1.55. The summed E-state index contributed by atoms with van der Waals surface area (Å²) in [6, 6.07) is 10.5. The topological polar surface area (TPSA) is 68.2 Å². The van der Waals surface area contributed by atoms with Crippen LogP contribution in [0.25, 0.3) is 0 Å². The van der Waals surface area contributed by atoms with Gasteiger partial charge in [-0.25, -0.2) is 0 Å². The summed E-state index contributed by atoms with van der Waals surface area (Å²) >= 11 is 0. The molecule has 0 saturated heterocycles. The monoisotopic (exact) mass is 304 g/mol. The van der Waals surface area contributed by atoms with E-state index in [4.69, 9.17) is 19.3 Å². The molecule has 2 rings (SSSR count). The molecule has 0 amide bonds. The van der Waals surface area contributed by atoms with E-state index < -0.39 is 0 Å². The summed E-state index contributed by atoms with van der Waals surface area (Å²) in [5.41, 5.74) is 1.41. The second kappa shape index (κ2) is 7.68. The van der Waals surface area contributed by atoms with Crippen LogP contribution in [0.2, 0.25) is 0 Å². The summed E-state index contributed by atoms with van der Waals surface area (Å²) in [5, 5.41) is 18.6. The van der Waals surface area contributed by atoms with Crippen molar-refractivity contribution in [2.75, 3.05) is 13.7 Å². The third-order valence-corrected chi connectivity index (χ3v) is 3.15. The van der Waals surface area contributed by atoms with Gasteiger partial charge in [0.2, 0.25) is 0 Å². The standard InChI is InChI=1S/C17H20O5/c1-3-21-17-8-13(11-19)15(9-16(17)20-2)22-14-6-4-12(10-18)5-7-14/h4-9,18-19H,3,10-11H2,1-2H3. The molecule has 0 aliphatic rings. The third-order valence-electron chi connectivity index (χ3n) is 3.15. The second-order valence-electron chi connectivity index (χ2n) is 4.61. The number of benzene rings is 2. The van der Waals surface area contributed by atoms with Crippen LogP contribution in [0.5, 0.6) is 23.0 Å². The van der Waals surface area contributed by atoms with Crippen LogP contribution in [-0.4, -0.2) is 23.9 Å². The van der Waals surface area contributed by atoms with Crippen molar-refractivity contribution in [3.8, 4) is 23.0 Å². The Hall–Kier alpha value is -2.24. The highest BCUT2D eigenvalue weighted by atomic mass is 16.5. The van der Waals surface area contributed by atoms with Crippen molar-refractivity contribution < 1.29 is 24.4 Å². The van der Waals surface area contributed by atoms with Crippen molar-refractivity contribution in [1.82, 2.24) is 0 Å². The lowest BCUT2D eigenvalue weighted by Crippen LogP contribution is -1.99. The molecule has 0 aliphatic carbocycles. The number of aliphatic hydroxyl groups excluding tert-OH is 2. The van der Waals surface area contributed by atoms with E-state index in [2.05, 4.69) is 0 Å². The van der Waals surface area contributed by atoms with E-state index in [0.29, 0.717) is 35.2 Å². The molecule has 0 spiro atoms. The summed E-state index contributed by atoms with van der Waals surface area (Å²) in [5.74, 6) is 2.22. The van der Waals surface area contributed by atoms with E-state index >= 15 is 0 Å². The zero-order chi connectivity index (χ0) is 15.9. The molecule has 2 aromatic carbocycles. The molecular formula is C17H20O5. The average Bonchev–Trinajstić information content (AvgIpc) is 2.56. The van der Waals surface area contributed by atoms with Gasteiger partial charge in [-0.2, -0.15) is 0 Å². The largest absolute Gasteiger partial charge is 0.493 e. The summed E-state index contributed by atoms with van der Waals surface area (Å²) in [4.78, 5) is 0. The van der Waals surface area contributed by atoms with Gasteiger partial charge in [-0.15, -0.1) is 0 Å². The van der Waals surface area contributed by atoms with Crippen LogP contribution in [-0.2, 0) is 13.2 Å². The fourth-order valence-electron chi connectivity index (χ4n) is 2.02. The van der Waals surface area contributed by atoms with Crippen molar-refractivity contribution in [3.63, 3.8) is 0 Å². The Morgan fingerprint density at radius 1 is 0.909 bits per heavy atom. The number of rotatable bonds is 7. The van der Waals surface area contributed by atoms with E-state index in [1.807, 2.05) is 6.92 Å². The average molecular weight is 304 g/mol. The number of aliphatic hydroxyl groups is 2. The first kappa shape index (κ1) is 16.1. The molecule has 0 atom stereocenters. The molecule has 22 heavy (non-hydrogen) atoms. The first-order chi connectivity index (χ1) is 10.7. The van der Waals surface area contributed by atoms with Gasteiger partial charge in [0.25, 0.3) is 0 Å². The minimum atomic E-state index is -0.172. The quantitative estimate of drug-likeness (QED) is 0.823. The smallest absolute Gasteiger partial charge is 0.164 e. The van der Waals surface area contributed by atoms with E-state index in [1.54, 1.807) is 43.5 Å². The van der Waals surface area contributed by atoms with Crippen LogP contribution in [0.4, 0.5) is 0 Å². The van der Waals surface area contributed by atoms with Gasteiger partial charge >= 0.3 is 0 Å². The molecule has 0 unspecified atom stereocenters. The zero-order valence-corrected chi connectivity index (χ0v) is 12.7. The van der Waals surface area contributed by atoms with Gasteiger partial charge in [0.05, 0.1) is 26.9 Å². The van der Waals surface area contributed by atoms with Crippen molar-refractivity contribution in [2.24, 2.45) is 0 Å². The Labute approximate surface area is 129 Å². The molecule has 0 heterocycles. The van der Waals surface area contributed by atoms with Crippen LogP contribution in [0, 0.1) is 0 Å². The fourth-order valence-corrected chi connectivity index (χ4v) is 2.02. The highest BCUT2D eigenvalue weighted by Gasteiger charge is 2.13. The molecule has 0 radical (unpaired) electrons. The van der Waals surface area contributed by atoms with Crippen LogP contribution in [0.15, 0.2) is 36.4 Å². The Morgan fingerprint density at radius 3 is 2.18 bits per heavy atom. The SMILES string of the molecule is CCOc1cc(CO)c(Oc2ccc(CO)cc2)cc1OC. The minimum absolute atomic E-state index is 0.0148. The lowest BCUT2D eigenvalue weighted by molar-refractivity contribution is 0.271. The summed E-state index contributed by atoms with van der Waals surface area (Å²) in [6.07, 6.45) is 0. The zero-order valence-electron chi connectivity index (χ0n) is 12.7. The Bertz CT molecular complexity index is 607. The van der Waals surface area contributed by atoms with Gasteiger partial charge in [0.1, 0.15) is 11.5 Å². The number of hydrogen-bond acceptors (Lipinski definition) is 5. The third kappa shape index (κ3) is 3.69. The molecule has 0 saturated carbocycles. The van der Waals surface area contributed by atoms with Crippen LogP contribution in [0.1, 0.15) is 18.1 Å². The molecule has 0 bridgehead atoms. The van der Waals surface area contributed by atoms with Gasteiger partial charge in [-0.1, -0.05) is 12.1 Å². The Kier molecular flexibility index (Phi) is 5.63. The highest BCUT2D eigenvalue weighted by molar-refractivity contribution is 5.51. The highest BCUT2D eigenvalue weighted by Crippen LogP contribution is 2.37. The van der Waals surface area contributed by atoms with Crippen molar-refractivity contribution in [1.29, 1.82) is 0 Å². The lowest BCUT2D eigenvalue weighted by Gasteiger charge is -2.15. The van der Waals surface area contributed by atoms with Crippen LogP contribution >= 0.6 is 0 Å². The Balaban J connectivity index is 2.31. The number of ether oxygens (including phenoxy) is 3. The molecular weight excluding hydrogens is 284 g/mol. The molecule has 5 nitrogen and oxygen atoms in total. The van der Waals surface area contributed by atoms with Gasteiger partial charge in [-0.3, -0.25) is 0 Å². The van der Waals surface area contributed by atoms with Crippen LogP contribution < -0.4 is 14.2 Å². The molecule has 0 aliphatic heterocycles. The molecule has 2 aromatic rings. The molecule has 2 N–H and O–H groups in total. The van der Waals surface area contributed by atoms with Crippen molar-refractivity contribution >= 4 is 0 Å². The Morgan fingerprint density at radius 2 is 1.64 bits per heavy atom. The maximum Gasteiger partial charge on any atom is 0.164 e. The maximum atomic E-state index is 9.53. The fraction of sp³-hybridized carbons (Fsp3) is 0.294. The number of hydrogen-bond donors (Lipinski definition) is 2. The van der Waals surface area contributed by atoms with Gasteiger partial charge in [-0.05, 0) is 30.7 Å². The van der Waals surface area contributed by atoms with E-state index in [9.17, 15) is 5.11 Å². The van der Waals surface area contributed by atoms with Gasteiger partial charge in [0, 0.05) is 11.6 Å². The normalized spacial score (nSPS) is 10.4. The molecule has 0 aromatic heterocycles. The molecule has 118 valence electrons. The number of methoxy groups -OCH3 is 1. The van der Waals surface area contributed by atoms with Gasteiger partial charge < -0.3 is 24.4 Å². The second-order valence-corrected chi connectivity index (χ2v) is 4.61. The van der Waals surface area contributed by atoms with E-state index in [-0.39, 0.29) is 13.2 Å².